The monoisotopic (exact) mass is 412 g/mol. The highest BCUT2D eigenvalue weighted by Crippen LogP contribution is 2.32. The van der Waals surface area contributed by atoms with E-state index in [1.807, 2.05) is 30.3 Å². The van der Waals surface area contributed by atoms with Gasteiger partial charge in [0.1, 0.15) is 0 Å². The van der Waals surface area contributed by atoms with E-state index in [0.717, 1.165) is 57.0 Å². The van der Waals surface area contributed by atoms with E-state index in [1.165, 1.54) is 5.56 Å². The number of allylic oxidation sites excluding steroid dienone is 1. The van der Waals surface area contributed by atoms with Crippen LogP contribution in [0.3, 0.4) is 0 Å². The topological polar surface area (TPSA) is 25.2 Å². The van der Waals surface area contributed by atoms with Gasteiger partial charge in [-0.05, 0) is 30.2 Å². The van der Waals surface area contributed by atoms with Crippen LogP contribution in [0.4, 0.5) is 5.69 Å². The Labute approximate surface area is 189 Å². The highest BCUT2D eigenvalue weighted by molar-refractivity contribution is 6.07. The van der Waals surface area contributed by atoms with Gasteiger partial charge in [0, 0.05) is 23.1 Å². The molecule has 1 aromatic heterocycles. The van der Waals surface area contributed by atoms with Crippen molar-refractivity contribution >= 4 is 23.0 Å². The van der Waals surface area contributed by atoms with Crippen LogP contribution in [0.1, 0.15) is 34.4 Å². The van der Waals surface area contributed by atoms with E-state index in [1.54, 1.807) is 0 Å². The SMILES string of the molecule is C=C(c1ccccc1)c1ccccc1/N=C1\CC=Cc2ccc(-c3ccc(C)cc3)nc21. The lowest BCUT2D eigenvalue weighted by atomic mass is 9.97. The number of pyridine rings is 1. The van der Waals surface area contributed by atoms with Crippen LogP contribution < -0.4 is 0 Å². The first-order valence-electron chi connectivity index (χ1n) is 10.9. The molecule has 1 heterocycles. The molecule has 0 saturated heterocycles. The Morgan fingerprint density at radius 3 is 2.41 bits per heavy atom. The first kappa shape index (κ1) is 19.9. The maximum Gasteiger partial charge on any atom is 0.0927 e. The molecule has 0 bridgehead atoms. The van der Waals surface area contributed by atoms with Crippen LogP contribution in [0, 0.1) is 6.92 Å². The van der Waals surface area contributed by atoms with Crippen molar-refractivity contribution in [3.05, 3.63) is 132 Å². The first-order chi connectivity index (χ1) is 15.7. The molecule has 0 unspecified atom stereocenters. The average Bonchev–Trinajstić information content (AvgIpc) is 2.85. The summed E-state index contributed by atoms with van der Waals surface area (Å²) >= 11 is 0. The molecule has 2 heteroatoms. The minimum absolute atomic E-state index is 0.753. The molecule has 0 saturated carbocycles. The minimum Gasteiger partial charge on any atom is -0.250 e. The summed E-state index contributed by atoms with van der Waals surface area (Å²) in [5, 5.41) is 0. The van der Waals surface area contributed by atoms with Crippen LogP contribution in [0.5, 0.6) is 0 Å². The molecule has 1 aliphatic carbocycles. The van der Waals surface area contributed by atoms with Gasteiger partial charge in [-0.15, -0.1) is 0 Å². The molecule has 0 atom stereocenters. The van der Waals surface area contributed by atoms with E-state index in [0.29, 0.717) is 0 Å². The average molecular weight is 413 g/mol. The van der Waals surface area contributed by atoms with Crippen LogP contribution in [-0.4, -0.2) is 10.7 Å². The summed E-state index contributed by atoms with van der Waals surface area (Å²) < 4.78 is 0. The van der Waals surface area contributed by atoms with Crippen LogP contribution >= 0.6 is 0 Å². The van der Waals surface area contributed by atoms with Crippen molar-refractivity contribution in [1.82, 2.24) is 4.98 Å². The summed E-state index contributed by atoms with van der Waals surface area (Å²) in [6.07, 6.45) is 5.04. The molecule has 2 nitrogen and oxygen atoms in total. The van der Waals surface area contributed by atoms with Gasteiger partial charge in [-0.3, -0.25) is 4.99 Å². The third kappa shape index (κ3) is 3.95. The fourth-order valence-electron chi connectivity index (χ4n) is 3.98. The summed E-state index contributed by atoms with van der Waals surface area (Å²) in [5.74, 6) is 0. The lowest BCUT2D eigenvalue weighted by molar-refractivity contribution is 1.23. The minimum atomic E-state index is 0.753. The van der Waals surface area contributed by atoms with E-state index in [2.05, 4.69) is 86.3 Å². The number of hydrogen-bond donors (Lipinski definition) is 0. The van der Waals surface area contributed by atoms with Crippen LogP contribution in [0.25, 0.3) is 22.9 Å². The number of para-hydroxylation sites is 1. The molecule has 32 heavy (non-hydrogen) atoms. The summed E-state index contributed by atoms with van der Waals surface area (Å²) in [6.45, 7) is 6.45. The van der Waals surface area contributed by atoms with Gasteiger partial charge >= 0.3 is 0 Å². The third-order valence-electron chi connectivity index (χ3n) is 5.76. The number of fused-ring (bicyclic) bond motifs is 1. The smallest absolute Gasteiger partial charge is 0.0927 e. The van der Waals surface area contributed by atoms with Crippen molar-refractivity contribution in [2.24, 2.45) is 4.99 Å². The number of aryl methyl sites for hydroxylation is 1. The summed E-state index contributed by atoms with van der Waals surface area (Å²) in [5.41, 5.74) is 10.4. The van der Waals surface area contributed by atoms with Crippen LogP contribution in [-0.2, 0) is 0 Å². The third-order valence-corrected chi connectivity index (χ3v) is 5.76. The van der Waals surface area contributed by atoms with Crippen molar-refractivity contribution in [2.45, 2.75) is 13.3 Å². The van der Waals surface area contributed by atoms with E-state index in [4.69, 9.17) is 9.98 Å². The van der Waals surface area contributed by atoms with Gasteiger partial charge in [0.2, 0.25) is 0 Å². The number of aromatic nitrogens is 1. The Balaban J connectivity index is 1.57. The zero-order valence-corrected chi connectivity index (χ0v) is 18.1. The predicted molar refractivity (Wildman–Crippen MR) is 135 cm³/mol. The highest BCUT2D eigenvalue weighted by Gasteiger charge is 2.16. The second kappa shape index (κ2) is 8.60. The van der Waals surface area contributed by atoms with Gasteiger partial charge in [0.05, 0.1) is 22.8 Å². The Hall–Kier alpha value is -4.04. The number of aliphatic imine (C=N–C) groups is 1. The Morgan fingerprint density at radius 1 is 0.844 bits per heavy atom. The lowest BCUT2D eigenvalue weighted by Gasteiger charge is -2.16. The number of nitrogens with zero attached hydrogens (tertiary/aromatic N) is 2. The zero-order chi connectivity index (χ0) is 21.9. The molecule has 0 spiro atoms. The molecule has 0 radical (unpaired) electrons. The Bertz CT molecular complexity index is 1340. The summed E-state index contributed by atoms with van der Waals surface area (Å²) in [7, 11) is 0. The summed E-state index contributed by atoms with van der Waals surface area (Å²) in [4.78, 5) is 10.1. The quantitative estimate of drug-likeness (QED) is 0.338. The second-order valence-electron chi connectivity index (χ2n) is 8.03. The van der Waals surface area contributed by atoms with E-state index in [9.17, 15) is 0 Å². The fraction of sp³-hybridized carbons (Fsp3) is 0.0667. The molecule has 0 amide bonds. The van der Waals surface area contributed by atoms with E-state index >= 15 is 0 Å². The number of benzene rings is 3. The van der Waals surface area contributed by atoms with Crippen molar-refractivity contribution in [3.8, 4) is 11.3 Å². The van der Waals surface area contributed by atoms with Gasteiger partial charge in [-0.2, -0.15) is 0 Å². The molecule has 0 fully saturated rings. The van der Waals surface area contributed by atoms with Gasteiger partial charge in [0.25, 0.3) is 0 Å². The van der Waals surface area contributed by atoms with Gasteiger partial charge in [0.15, 0.2) is 0 Å². The molecule has 154 valence electrons. The molecule has 3 aromatic carbocycles. The molecule has 0 N–H and O–H groups in total. The van der Waals surface area contributed by atoms with Gasteiger partial charge in [-0.25, -0.2) is 4.98 Å². The molecular weight excluding hydrogens is 388 g/mol. The summed E-state index contributed by atoms with van der Waals surface area (Å²) in [6, 6.07) is 31.2. The molecule has 4 aromatic rings. The normalized spacial score (nSPS) is 13.7. The Kier molecular flexibility index (Phi) is 5.35. The van der Waals surface area contributed by atoms with Crippen molar-refractivity contribution < 1.29 is 0 Å². The van der Waals surface area contributed by atoms with Crippen molar-refractivity contribution in [3.63, 3.8) is 0 Å². The molecule has 5 rings (SSSR count). The van der Waals surface area contributed by atoms with E-state index in [-0.39, 0.29) is 0 Å². The standard InChI is InChI=1S/C30H24N2/c1-21-15-17-24(18-16-21)27-20-19-25-11-8-14-29(30(25)32-27)31-28-13-7-6-12-26(28)22(2)23-9-4-3-5-10-23/h3-13,15-20H,2,14H2,1H3/b31-29+. The molecule has 0 aliphatic heterocycles. The first-order valence-corrected chi connectivity index (χ1v) is 10.9. The second-order valence-corrected chi connectivity index (χ2v) is 8.03. The largest absolute Gasteiger partial charge is 0.250 e. The maximum absolute atomic E-state index is 5.10. The zero-order valence-electron chi connectivity index (χ0n) is 18.1. The lowest BCUT2D eigenvalue weighted by Crippen LogP contribution is -2.09. The predicted octanol–water partition coefficient (Wildman–Crippen LogP) is 7.66. The van der Waals surface area contributed by atoms with Crippen LogP contribution in [0.15, 0.2) is 109 Å². The number of rotatable bonds is 4. The van der Waals surface area contributed by atoms with E-state index < -0.39 is 0 Å². The highest BCUT2D eigenvalue weighted by atomic mass is 14.8. The van der Waals surface area contributed by atoms with Crippen molar-refractivity contribution in [2.75, 3.05) is 0 Å². The molecule has 1 aliphatic rings. The van der Waals surface area contributed by atoms with Gasteiger partial charge in [-0.1, -0.05) is 103 Å². The Morgan fingerprint density at radius 2 is 1.59 bits per heavy atom. The van der Waals surface area contributed by atoms with Crippen molar-refractivity contribution in [1.29, 1.82) is 0 Å². The van der Waals surface area contributed by atoms with Crippen LogP contribution in [0.2, 0.25) is 0 Å². The molecular formula is C30H24N2. The fourth-order valence-corrected chi connectivity index (χ4v) is 3.98. The number of hydrogen-bond acceptors (Lipinski definition) is 2. The van der Waals surface area contributed by atoms with Gasteiger partial charge < -0.3 is 0 Å². The maximum atomic E-state index is 5.10.